The molecule has 0 aromatic heterocycles. The number of halogens is 1. The van der Waals surface area contributed by atoms with Crippen LogP contribution in [0.2, 0.25) is 0 Å². The second-order valence-electron chi connectivity index (χ2n) is 8.54. The van der Waals surface area contributed by atoms with Crippen molar-refractivity contribution in [3.63, 3.8) is 0 Å². The van der Waals surface area contributed by atoms with Gasteiger partial charge < -0.3 is 14.8 Å². The topological polar surface area (TPSA) is 84.9 Å². The maximum Gasteiger partial charge on any atom is 0.411 e. The molecule has 3 aromatic rings. The SMILES string of the molecule is COC(=O)[C@@H](Cc1ccccc1Br)NC(=O)[C@@H]1Cc2ccccc2CN1C(=O)OCc1ccccc1. The molecule has 8 heteroatoms. The molecule has 3 aromatic carbocycles. The Bertz CT molecular complexity index is 1230. The molecule has 0 spiro atoms. The predicted molar refractivity (Wildman–Crippen MR) is 138 cm³/mol. The Morgan fingerprint density at radius 3 is 2.36 bits per heavy atom. The van der Waals surface area contributed by atoms with E-state index in [2.05, 4.69) is 21.2 Å². The highest BCUT2D eigenvalue weighted by atomic mass is 79.9. The molecule has 0 aliphatic carbocycles. The summed E-state index contributed by atoms with van der Waals surface area (Å²) in [6.07, 6.45) is -0.0404. The smallest absolute Gasteiger partial charge is 0.411 e. The van der Waals surface area contributed by atoms with Crippen LogP contribution >= 0.6 is 15.9 Å². The number of ether oxygens (including phenoxy) is 2. The van der Waals surface area contributed by atoms with Gasteiger partial charge in [-0.2, -0.15) is 0 Å². The molecule has 0 saturated heterocycles. The van der Waals surface area contributed by atoms with Gasteiger partial charge in [0, 0.05) is 17.3 Å². The molecule has 1 aliphatic heterocycles. The lowest BCUT2D eigenvalue weighted by Gasteiger charge is -2.35. The molecule has 2 atom stereocenters. The number of methoxy groups -OCH3 is 1. The molecule has 36 heavy (non-hydrogen) atoms. The minimum absolute atomic E-state index is 0.0962. The molecule has 4 rings (SSSR count). The second kappa shape index (κ2) is 11.9. The van der Waals surface area contributed by atoms with Gasteiger partial charge in [0.15, 0.2) is 0 Å². The number of amides is 2. The van der Waals surface area contributed by atoms with Crippen LogP contribution in [0, 0.1) is 0 Å². The van der Waals surface area contributed by atoms with Crippen molar-refractivity contribution in [2.45, 2.75) is 38.1 Å². The molecule has 7 nitrogen and oxygen atoms in total. The number of rotatable bonds is 7. The summed E-state index contributed by atoms with van der Waals surface area (Å²) in [7, 11) is 1.28. The maximum atomic E-state index is 13.5. The van der Waals surface area contributed by atoms with Crippen LogP contribution in [0.15, 0.2) is 83.3 Å². The number of nitrogens with one attached hydrogen (secondary N) is 1. The summed E-state index contributed by atoms with van der Waals surface area (Å²) in [5.74, 6) is -1.00. The number of carbonyl (C=O) groups is 3. The van der Waals surface area contributed by atoms with Crippen molar-refractivity contribution in [2.75, 3.05) is 7.11 Å². The first-order valence-corrected chi connectivity index (χ1v) is 12.4. The quantitative estimate of drug-likeness (QED) is 0.440. The van der Waals surface area contributed by atoms with E-state index in [-0.39, 0.29) is 19.6 Å². The van der Waals surface area contributed by atoms with Crippen molar-refractivity contribution >= 4 is 33.9 Å². The van der Waals surface area contributed by atoms with Gasteiger partial charge >= 0.3 is 12.1 Å². The van der Waals surface area contributed by atoms with Crippen LogP contribution in [-0.2, 0) is 45.1 Å². The van der Waals surface area contributed by atoms with E-state index < -0.39 is 30.1 Å². The maximum absolute atomic E-state index is 13.5. The van der Waals surface area contributed by atoms with Gasteiger partial charge in [0.25, 0.3) is 0 Å². The Hall–Kier alpha value is -3.65. The Balaban J connectivity index is 1.54. The highest BCUT2D eigenvalue weighted by Crippen LogP contribution is 2.25. The average molecular weight is 551 g/mol. The number of hydrogen-bond donors (Lipinski definition) is 1. The minimum atomic E-state index is -0.916. The number of nitrogens with zero attached hydrogens (tertiary/aromatic N) is 1. The molecule has 0 radical (unpaired) electrons. The van der Waals surface area contributed by atoms with Crippen LogP contribution in [-0.4, -0.2) is 42.1 Å². The molecule has 186 valence electrons. The summed E-state index contributed by atoms with van der Waals surface area (Å²) in [6.45, 7) is 0.327. The van der Waals surface area contributed by atoms with E-state index in [0.29, 0.717) is 6.42 Å². The summed E-state index contributed by atoms with van der Waals surface area (Å²) >= 11 is 3.49. The van der Waals surface area contributed by atoms with Crippen LogP contribution < -0.4 is 5.32 Å². The van der Waals surface area contributed by atoms with Crippen LogP contribution in [0.3, 0.4) is 0 Å². The average Bonchev–Trinajstić information content (AvgIpc) is 2.91. The predicted octanol–water partition coefficient (Wildman–Crippen LogP) is 4.41. The zero-order chi connectivity index (χ0) is 25.5. The summed E-state index contributed by atoms with van der Waals surface area (Å²) in [4.78, 5) is 40.6. The first-order valence-electron chi connectivity index (χ1n) is 11.6. The monoisotopic (exact) mass is 550 g/mol. The van der Waals surface area contributed by atoms with E-state index in [1.54, 1.807) is 0 Å². The lowest BCUT2D eigenvalue weighted by molar-refractivity contribution is -0.145. The highest BCUT2D eigenvalue weighted by molar-refractivity contribution is 9.10. The fraction of sp³-hybridized carbons (Fsp3) is 0.250. The first-order chi connectivity index (χ1) is 17.5. The van der Waals surface area contributed by atoms with Crippen LogP contribution in [0.5, 0.6) is 0 Å². The first kappa shape index (κ1) is 25.4. The summed E-state index contributed by atoms with van der Waals surface area (Å²) in [5, 5.41) is 2.82. The lowest BCUT2D eigenvalue weighted by atomic mass is 9.93. The van der Waals surface area contributed by atoms with Crippen LogP contribution in [0.25, 0.3) is 0 Å². The molecular formula is C28H27BrN2O5. The molecule has 2 amide bonds. The van der Waals surface area contributed by atoms with Crippen molar-refractivity contribution in [1.82, 2.24) is 10.2 Å². The third-order valence-electron chi connectivity index (χ3n) is 6.17. The number of esters is 1. The fourth-order valence-corrected chi connectivity index (χ4v) is 4.69. The molecule has 1 N–H and O–H groups in total. The number of benzene rings is 3. The zero-order valence-corrected chi connectivity index (χ0v) is 21.4. The van der Waals surface area contributed by atoms with E-state index >= 15 is 0 Å². The Kier molecular flexibility index (Phi) is 8.38. The third kappa shape index (κ3) is 6.12. The molecular weight excluding hydrogens is 524 g/mol. The number of carbonyl (C=O) groups excluding carboxylic acids is 3. The van der Waals surface area contributed by atoms with Crippen molar-refractivity contribution < 1.29 is 23.9 Å². The summed E-state index contributed by atoms with van der Waals surface area (Å²) in [5.41, 5.74) is 3.63. The standard InChI is InChI=1S/C28H27BrN2O5/c1-35-27(33)24(15-21-12-7-8-14-23(21)29)30-26(32)25-16-20-11-5-6-13-22(20)17-31(25)28(34)36-18-19-9-3-2-4-10-19/h2-14,24-25H,15-18H2,1H3,(H,30,32)/t24-,25+/m1/s1. The molecule has 1 heterocycles. The Labute approximate surface area is 218 Å². The number of fused-ring (bicyclic) bond motifs is 1. The molecule has 0 unspecified atom stereocenters. The van der Waals surface area contributed by atoms with Crippen molar-refractivity contribution in [1.29, 1.82) is 0 Å². The summed E-state index contributed by atoms with van der Waals surface area (Å²) < 4.78 is 11.3. The molecule has 0 saturated carbocycles. The molecule has 1 aliphatic rings. The highest BCUT2D eigenvalue weighted by Gasteiger charge is 2.37. The van der Waals surface area contributed by atoms with Gasteiger partial charge in [0.1, 0.15) is 18.7 Å². The van der Waals surface area contributed by atoms with E-state index in [1.807, 2.05) is 78.9 Å². The van der Waals surface area contributed by atoms with Gasteiger partial charge in [-0.3, -0.25) is 9.69 Å². The van der Waals surface area contributed by atoms with E-state index in [1.165, 1.54) is 12.0 Å². The Morgan fingerprint density at radius 2 is 1.64 bits per heavy atom. The van der Waals surface area contributed by atoms with Gasteiger partial charge in [0.2, 0.25) is 5.91 Å². The second-order valence-corrected chi connectivity index (χ2v) is 9.39. The van der Waals surface area contributed by atoms with Gasteiger partial charge in [0.05, 0.1) is 13.7 Å². The van der Waals surface area contributed by atoms with Crippen molar-refractivity contribution in [3.8, 4) is 0 Å². The third-order valence-corrected chi connectivity index (χ3v) is 6.95. The van der Waals surface area contributed by atoms with E-state index in [9.17, 15) is 14.4 Å². The van der Waals surface area contributed by atoms with Crippen LogP contribution in [0.1, 0.15) is 22.3 Å². The van der Waals surface area contributed by atoms with Gasteiger partial charge in [-0.15, -0.1) is 0 Å². The molecule has 0 bridgehead atoms. The Morgan fingerprint density at radius 1 is 0.972 bits per heavy atom. The minimum Gasteiger partial charge on any atom is -0.467 e. The van der Waals surface area contributed by atoms with Crippen molar-refractivity contribution in [2.24, 2.45) is 0 Å². The van der Waals surface area contributed by atoms with Gasteiger partial charge in [-0.1, -0.05) is 88.7 Å². The van der Waals surface area contributed by atoms with Crippen LogP contribution in [0.4, 0.5) is 4.79 Å². The van der Waals surface area contributed by atoms with Gasteiger partial charge in [-0.05, 0) is 28.3 Å². The number of hydrogen-bond acceptors (Lipinski definition) is 5. The normalized spacial score (nSPS) is 15.4. The largest absolute Gasteiger partial charge is 0.467 e. The lowest BCUT2D eigenvalue weighted by Crippen LogP contribution is -2.56. The van der Waals surface area contributed by atoms with E-state index in [0.717, 1.165) is 26.7 Å². The van der Waals surface area contributed by atoms with Crippen molar-refractivity contribution in [3.05, 3.63) is 106 Å². The zero-order valence-electron chi connectivity index (χ0n) is 19.9. The fourth-order valence-electron chi connectivity index (χ4n) is 4.24. The molecule has 0 fully saturated rings. The van der Waals surface area contributed by atoms with E-state index in [4.69, 9.17) is 9.47 Å². The summed E-state index contributed by atoms with van der Waals surface area (Å²) in [6, 6.07) is 22.8. The van der Waals surface area contributed by atoms with Gasteiger partial charge in [-0.25, -0.2) is 9.59 Å².